The summed E-state index contributed by atoms with van der Waals surface area (Å²) in [5.41, 5.74) is 2.63. The van der Waals surface area contributed by atoms with Crippen molar-refractivity contribution in [1.82, 2.24) is 0 Å². The van der Waals surface area contributed by atoms with Crippen LogP contribution in [0, 0.1) is 5.92 Å². The number of hydrogen-bond donors (Lipinski definition) is 0. The number of fused-ring (bicyclic) bond motifs is 2. The molecule has 2 aromatic carbocycles. The molecule has 2 radical (unpaired) electrons. The van der Waals surface area contributed by atoms with E-state index in [1.54, 1.807) is 0 Å². The number of carbonyl (C=O) groups is 1. The average Bonchev–Trinajstić information content (AvgIpc) is 2.65. The van der Waals surface area contributed by atoms with Gasteiger partial charge in [-0.2, -0.15) is 0 Å². The molecule has 1 fully saturated rings. The van der Waals surface area contributed by atoms with E-state index >= 15 is 0 Å². The van der Waals surface area contributed by atoms with E-state index in [0.717, 1.165) is 10.9 Å². The first kappa shape index (κ1) is 16.8. The Morgan fingerprint density at radius 3 is 2.20 bits per heavy atom. The van der Waals surface area contributed by atoms with Crippen LogP contribution < -0.4 is 0 Å². The minimum atomic E-state index is -0.306. The van der Waals surface area contributed by atoms with Crippen LogP contribution in [0.5, 0.6) is 0 Å². The van der Waals surface area contributed by atoms with E-state index in [0.29, 0.717) is 0 Å². The fourth-order valence-electron chi connectivity index (χ4n) is 3.30. The Balaban J connectivity index is 1.53. The highest BCUT2D eigenvalue weighted by atomic mass is 79.9. The Bertz CT molecular complexity index is 739. The van der Waals surface area contributed by atoms with Gasteiger partial charge in [0.1, 0.15) is 12.0 Å². The summed E-state index contributed by atoms with van der Waals surface area (Å²) >= 11 is 3.48. The summed E-state index contributed by atoms with van der Waals surface area (Å²) in [6.45, 7) is 0. The molecule has 0 N–H and O–H groups in total. The first-order chi connectivity index (χ1) is 12.2. The van der Waals surface area contributed by atoms with Gasteiger partial charge in [0.15, 0.2) is 0 Å². The van der Waals surface area contributed by atoms with Crippen LogP contribution in [0.3, 0.4) is 0 Å². The molecule has 0 saturated carbocycles. The van der Waals surface area contributed by atoms with Crippen molar-refractivity contribution in [3.8, 4) is 0 Å². The highest BCUT2D eigenvalue weighted by Gasteiger charge is 2.43. The fourth-order valence-corrected chi connectivity index (χ4v) is 5.07. The second kappa shape index (κ2) is 7.28. The smallest absolute Gasteiger partial charge is 0.316 e. The number of benzene rings is 2. The lowest BCUT2D eigenvalue weighted by molar-refractivity contribution is -0.164. The van der Waals surface area contributed by atoms with E-state index in [4.69, 9.17) is 9.16 Å². The summed E-state index contributed by atoms with van der Waals surface area (Å²) in [4.78, 5) is 12.0. The Labute approximate surface area is 158 Å². The van der Waals surface area contributed by atoms with Crippen molar-refractivity contribution in [2.24, 2.45) is 5.92 Å². The number of hydrogen-bond acceptors (Lipinski definition) is 3. The van der Waals surface area contributed by atoms with E-state index in [1.807, 2.05) is 18.2 Å². The Kier molecular flexibility index (Phi) is 4.88. The monoisotopic (exact) mass is 412 g/mol. The van der Waals surface area contributed by atoms with Gasteiger partial charge in [0, 0.05) is 16.4 Å². The predicted molar refractivity (Wildman–Crippen MR) is 100 cm³/mol. The molecule has 1 aliphatic carbocycles. The van der Waals surface area contributed by atoms with Gasteiger partial charge < -0.3 is 9.16 Å². The van der Waals surface area contributed by atoms with Gasteiger partial charge in [-0.3, -0.25) is 4.79 Å². The van der Waals surface area contributed by atoms with E-state index in [2.05, 4.69) is 64.5 Å². The van der Waals surface area contributed by atoms with Gasteiger partial charge >= 0.3 is 5.97 Å². The zero-order valence-electron chi connectivity index (χ0n) is 13.5. The van der Waals surface area contributed by atoms with E-state index in [1.165, 1.54) is 11.1 Å². The summed E-state index contributed by atoms with van der Waals surface area (Å²) in [5.74, 6) is -0.482. The Morgan fingerprint density at radius 2 is 1.64 bits per heavy atom. The van der Waals surface area contributed by atoms with Crippen LogP contribution >= 0.6 is 15.9 Å². The molecule has 2 aliphatic heterocycles. The fraction of sp³-hybridized carbons (Fsp3) is 0.250. The van der Waals surface area contributed by atoms with Gasteiger partial charge in [-0.25, -0.2) is 0 Å². The quantitative estimate of drug-likeness (QED) is 0.549. The van der Waals surface area contributed by atoms with Crippen LogP contribution in [-0.4, -0.2) is 27.9 Å². The molecule has 2 heterocycles. The molecular weight excluding hydrogens is 396 g/mol. The zero-order chi connectivity index (χ0) is 17.2. The third-order valence-electron chi connectivity index (χ3n) is 4.63. The van der Waals surface area contributed by atoms with Crippen molar-refractivity contribution < 1.29 is 14.0 Å². The highest BCUT2D eigenvalue weighted by molar-refractivity contribution is 9.11. The largest absolute Gasteiger partial charge is 0.456 e. The van der Waals surface area contributed by atoms with Crippen molar-refractivity contribution in [1.29, 1.82) is 0 Å². The van der Waals surface area contributed by atoms with E-state index in [9.17, 15) is 4.79 Å². The summed E-state index contributed by atoms with van der Waals surface area (Å²) in [5, 5.41) is 0. The van der Waals surface area contributed by atoms with Gasteiger partial charge in [0.2, 0.25) is 9.76 Å². The average molecular weight is 413 g/mol. The first-order valence-corrected chi connectivity index (χ1v) is 10.1. The highest BCUT2D eigenvalue weighted by Crippen LogP contribution is 2.38. The van der Waals surface area contributed by atoms with Crippen molar-refractivity contribution in [2.75, 3.05) is 0 Å². The molecule has 3 aliphatic rings. The second-order valence-electron chi connectivity index (χ2n) is 6.27. The maximum Gasteiger partial charge on any atom is 0.316 e. The lowest BCUT2D eigenvalue weighted by Crippen LogP contribution is -2.46. The molecule has 0 amide bonds. The van der Waals surface area contributed by atoms with Gasteiger partial charge in [0.05, 0.1) is 6.10 Å². The molecule has 2 aromatic rings. The normalized spacial score (nSPS) is 25.0. The third-order valence-corrected chi connectivity index (χ3v) is 6.74. The molecule has 0 unspecified atom stereocenters. The minimum Gasteiger partial charge on any atom is -0.456 e. The predicted octanol–water partition coefficient (Wildman–Crippen LogP) is 4.00. The number of esters is 1. The summed E-state index contributed by atoms with van der Waals surface area (Å²) in [6.07, 6.45) is 2.35. The minimum absolute atomic E-state index is 0.110. The maximum absolute atomic E-state index is 12.0. The lowest BCUT2D eigenvalue weighted by Gasteiger charge is -2.38. The maximum atomic E-state index is 12.0. The summed E-state index contributed by atoms with van der Waals surface area (Å²) < 4.78 is 12.6. The Hall–Kier alpha value is -1.69. The lowest BCUT2D eigenvalue weighted by atomic mass is 9.88. The van der Waals surface area contributed by atoms with E-state index < -0.39 is 0 Å². The van der Waals surface area contributed by atoms with Gasteiger partial charge in [-0.1, -0.05) is 82.7 Å². The van der Waals surface area contributed by atoms with Crippen molar-refractivity contribution in [3.05, 3.63) is 82.3 Å². The number of ether oxygens (including phenoxy) is 1. The zero-order valence-corrected chi connectivity index (χ0v) is 16.1. The molecular formula is C20H17BrO3Si. The number of rotatable bonds is 5. The Morgan fingerprint density at radius 1 is 1.04 bits per heavy atom. The van der Waals surface area contributed by atoms with Crippen LogP contribution in [0.1, 0.15) is 23.1 Å². The topological polar surface area (TPSA) is 35.5 Å². The molecule has 3 atom stereocenters. The standard InChI is InChI=1S/C20H17BrO3Si/c21-16-11-15-17(12-18(16)23-20(15)22)24-25-19(13-7-3-1-4-8-13)14-9-5-2-6-10-14/h1-11,15,17-19H,12H2/t15-,17+,18-/m0/s1. The molecule has 25 heavy (non-hydrogen) atoms. The molecule has 126 valence electrons. The molecule has 0 spiro atoms. The molecule has 0 aromatic heterocycles. The van der Waals surface area contributed by atoms with Crippen LogP contribution in [0.2, 0.25) is 0 Å². The molecule has 3 nitrogen and oxygen atoms in total. The molecule has 5 heteroatoms. The van der Waals surface area contributed by atoms with Crippen molar-refractivity contribution in [3.63, 3.8) is 0 Å². The van der Waals surface area contributed by atoms with Gasteiger partial charge in [0.25, 0.3) is 0 Å². The molecule has 5 rings (SSSR count). The first-order valence-electron chi connectivity index (χ1n) is 8.31. The van der Waals surface area contributed by atoms with Crippen molar-refractivity contribution in [2.45, 2.75) is 24.2 Å². The van der Waals surface area contributed by atoms with E-state index in [-0.39, 0.29) is 39.4 Å². The number of carbonyl (C=O) groups excluding carboxylic acids is 1. The second-order valence-corrected chi connectivity index (χ2v) is 8.23. The van der Waals surface area contributed by atoms with Crippen LogP contribution in [0.4, 0.5) is 0 Å². The van der Waals surface area contributed by atoms with Gasteiger partial charge in [-0.05, 0) is 11.1 Å². The molecule has 1 saturated heterocycles. The van der Waals surface area contributed by atoms with Crippen LogP contribution in [-0.2, 0) is 14.0 Å². The van der Waals surface area contributed by atoms with Crippen LogP contribution in [0.25, 0.3) is 0 Å². The molecule has 2 bridgehead atoms. The number of halogens is 1. The summed E-state index contributed by atoms with van der Waals surface area (Å²) in [6, 6.07) is 20.8. The summed E-state index contributed by atoms with van der Waals surface area (Å²) in [7, 11) is 0.248. The van der Waals surface area contributed by atoms with Crippen molar-refractivity contribution >= 4 is 31.7 Å². The third kappa shape index (κ3) is 3.49. The van der Waals surface area contributed by atoms with Gasteiger partial charge in [-0.15, -0.1) is 0 Å². The van der Waals surface area contributed by atoms with Crippen LogP contribution in [0.15, 0.2) is 71.2 Å². The SMILES string of the molecule is O=C1O[C@H]2C[C@@H](O[Si]C(c3ccccc3)c3ccccc3)[C@@H]1C=C2Br.